The van der Waals surface area contributed by atoms with Gasteiger partial charge in [0.25, 0.3) is 0 Å². The maximum Gasteiger partial charge on any atom is 0.194 e. The molecule has 0 amide bonds. The number of benzene rings is 1. The Hall–Kier alpha value is -2.50. The molecule has 1 heterocycles. The van der Waals surface area contributed by atoms with Gasteiger partial charge in [-0.25, -0.2) is 0 Å². The zero-order valence-electron chi connectivity index (χ0n) is 13.6. The summed E-state index contributed by atoms with van der Waals surface area (Å²) in [5, 5.41) is 7.51. The van der Waals surface area contributed by atoms with Crippen molar-refractivity contribution >= 4 is 5.96 Å². The highest BCUT2D eigenvalue weighted by Gasteiger charge is 2.08. The van der Waals surface area contributed by atoms with Gasteiger partial charge in [0.1, 0.15) is 5.75 Å². The molecule has 0 fully saturated rings. The SMILES string of the molecule is CN=C(NCc1ccnn1C)N(C)Cc1ccc(OC)cc1. The van der Waals surface area contributed by atoms with Gasteiger partial charge in [0.15, 0.2) is 5.96 Å². The number of nitrogens with one attached hydrogen (secondary N) is 1. The van der Waals surface area contributed by atoms with E-state index in [1.165, 1.54) is 5.56 Å². The number of aromatic nitrogens is 2. The lowest BCUT2D eigenvalue weighted by Gasteiger charge is -2.22. The number of ether oxygens (including phenoxy) is 1. The van der Waals surface area contributed by atoms with Gasteiger partial charge >= 0.3 is 0 Å². The molecule has 6 heteroatoms. The number of nitrogens with zero attached hydrogens (tertiary/aromatic N) is 4. The lowest BCUT2D eigenvalue weighted by Crippen LogP contribution is -2.38. The van der Waals surface area contributed by atoms with Crippen LogP contribution in [0.15, 0.2) is 41.5 Å². The van der Waals surface area contributed by atoms with Crippen molar-refractivity contribution in [1.29, 1.82) is 0 Å². The number of hydrogen-bond acceptors (Lipinski definition) is 3. The van der Waals surface area contributed by atoms with E-state index in [9.17, 15) is 0 Å². The van der Waals surface area contributed by atoms with Crippen molar-refractivity contribution in [3.8, 4) is 5.75 Å². The maximum atomic E-state index is 5.18. The van der Waals surface area contributed by atoms with Crippen LogP contribution in [-0.4, -0.2) is 41.8 Å². The van der Waals surface area contributed by atoms with E-state index in [2.05, 4.69) is 32.4 Å². The molecule has 0 saturated heterocycles. The summed E-state index contributed by atoms with van der Waals surface area (Å²) in [5.74, 6) is 1.71. The van der Waals surface area contributed by atoms with E-state index < -0.39 is 0 Å². The summed E-state index contributed by atoms with van der Waals surface area (Å²) in [6.07, 6.45) is 1.79. The molecule has 2 rings (SSSR count). The second-order valence-corrected chi connectivity index (χ2v) is 5.05. The second kappa shape index (κ2) is 7.49. The van der Waals surface area contributed by atoms with Gasteiger partial charge in [0.2, 0.25) is 0 Å². The van der Waals surface area contributed by atoms with Crippen LogP contribution < -0.4 is 10.1 Å². The number of aliphatic imine (C=N–C) groups is 1. The standard InChI is InChI=1S/C16H23N5O/c1-17-16(18-11-14-9-10-19-21(14)3)20(2)12-13-5-7-15(22-4)8-6-13/h5-10H,11-12H2,1-4H3,(H,17,18). The molecular weight excluding hydrogens is 278 g/mol. The molecular formula is C16H23N5O. The van der Waals surface area contributed by atoms with Crippen LogP contribution in [0.4, 0.5) is 0 Å². The average molecular weight is 301 g/mol. The van der Waals surface area contributed by atoms with Gasteiger partial charge in [-0.05, 0) is 23.8 Å². The maximum absolute atomic E-state index is 5.18. The molecule has 0 aliphatic carbocycles. The highest BCUT2D eigenvalue weighted by molar-refractivity contribution is 5.79. The van der Waals surface area contributed by atoms with Crippen molar-refractivity contribution in [2.75, 3.05) is 21.2 Å². The molecule has 0 unspecified atom stereocenters. The summed E-state index contributed by atoms with van der Waals surface area (Å²) in [7, 11) is 7.41. The minimum atomic E-state index is 0.691. The molecule has 0 saturated carbocycles. The quantitative estimate of drug-likeness (QED) is 0.674. The first-order valence-corrected chi connectivity index (χ1v) is 7.15. The van der Waals surface area contributed by atoms with Crippen LogP contribution in [0.1, 0.15) is 11.3 Å². The minimum absolute atomic E-state index is 0.691. The van der Waals surface area contributed by atoms with Gasteiger partial charge < -0.3 is 15.0 Å². The van der Waals surface area contributed by atoms with Gasteiger partial charge in [-0.1, -0.05) is 12.1 Å². The largest absolute Gasteiger partial charge is 0.497 e. The first-order valence-electron chi connectivity index (χ1n) is 7.15. The third kappa shape index (κ3) is 4.00. The molecule has 0 bridgehead atoms. The van der Waals surface area contributed by atoms with Crippen LogP contribution in [-0.2, 0) is 20.1 Å². The molecule has 1 N–H and O–H groups in total. The van der Waals surface area contributed by atoms with Crippen molar-refractivity contribution in [3.05, 3.63) is 47.8 Å². The van der Waals surface area contributed by atoms with Gasteiger partial charge in [0.05, 0.1) is 19.3 Å². The highest BCUT2D eigenvalue weighted by atomic mass is 16.5. The van der Waals surface area contributed by atoms with Crippen molar-refractivity contribution < 1.29 is 4.74 Å². The Balaban J connectivity index is 1.93. The van der Waals surface area contributed by atoms with Crippen LogP contribution in [0.5, 0.6) is 5.75 Å². The Bertz CT molecular complexity index is 618. The fourth-order valence-corrected chi connectivity index (χ4v) is 2.21. The molecule has 0 radical (unpaired) electrons. The Morgan fingerprint density at radius 3 is 2.59 bits per heavy atom. The van der Waals surface area contributed by atoms with E-state index in [1.807, 2.05) is 37.0 Å². The number of guanidine groups is 1. The van der Waals surface area contributed by atoms with Crippen LogP contribution in [0, 0.1) is 0 Å². The van der Waals surface area contributed by atoms with E-state index in [1.54, 1.807) is 20.4 Å². The monoisotopic (exact) mass is 301 g/mol. The molecule has 0 spiro atoms. The molecule has 118 valence electrons. The van der Waals surface area contributed by atoms with Gasteiger partial charge in [0, 0.05) is 33.9 Å². The van der Waals surface area contributed by atoms with E-state index >= 15 is 0 Å². The molecule has 22 heavy (non-hydrogen) atoms. The van der Waals surface area contributed by atoms with Crippen molar-refractivity contribution in [1.82, 2.24) is 20.0 Å². The molecule has 2 aromatic rings. The van der Waals surface area contributed by atoms with Crippen molar-refractivity contribution in [2.24, 2.45) is 12.0 Å². The summed E-state index contributed by atoms with van der Waals surface area (Å²) in [6, 6.07) is 10.0. The van der Waals surface area contributed by atoms with Gasteiger partial charge in [-0.3, -0.25) is 9.67 Å². The number of hydrogen-bond donors (Lipinski definition) is 1. The predicted molar refractivity (Wildman–Crippen MR) is 87.9 cm³/mol. The van der Waals surface area contributed by atoms with Crippen LogP contribution in [0.2, 0.25) is 0 Å². The third-order valence-electron chi connectivity index (χ3n) is 3.50. The minimum Gasteiger partial charge on any atom is -0.497 e. The molecule has 1 aromatic heterocycles. The normalized spacial score (nSPS) is 11.4. The lowest BCUT2D eigenvalue weighted by molar-refractivity contribution is 0.414. The van der Waals surface area contributed by atoms with Crippen molar-refractivity contribution in [3.63, 3.8) is 0 Å². The second-order valence-electron chi connectivity index (χ2n) is 5.05. The average Bonchev–Trinajstić information content (AvgIpc) is 2.94. The third-order valence-corrected chi connectivity index (χ3v) is 3.50. The molecule has 0 atom stereocenters. The Labute approximate surface area is 131 Å². The van der Waals surface area contributed by atoms with Crippen LogP contribution in [0.25, 0.3) is 0 Å². The zero-order valence-corrected chi connectivity index (χ0v) is 13.6. The summed E-state index contributed by atoms with van der Waals surface area (Å²) in [6.45, 7) is 1.46. The first kappa shape index (κ1) is 15.9. The fraction of sp³-hybridized carbons (Fsp3) is 0.375. The smallest absolute Gasteiger partial charge is 0.194 e. The van der Waals surface area contributed by atoms with Crippen LogP contribution >= 0.6 is 0 Å². The fourth-order valence-electron chi connectivity index (χ4n) is 2.21. The summed E-state index contributed by atoms with van der Waals surface area (Å²) in [4.78, 5) is 6.41. The Morgan fingerprint density at radius 1 is 1.32 bits per heavy atom. The predicted octanol–water partition coefficient (Wildman–Crippen LogP) is 1.64. The zero-order chi connectivity index (χ0) is 15.9. The Kier molecular flexibility index (Phi) is 5.41. The summed E-state index contributed by atoms with van der Waals surface area (Å²) >= 11 is 0. The van der Waals surface area contributed by atoms with E-state index in [0.29, 0.717) is 6.54 Å². The number of rotatable bonds is 5. The molecule has 0 aliphatic heterocycles. The van der Waals surface area contributed by atoms with E-state index in [-0.39, 0.29) is 0 Å². The summed E-state index contributed by atoms with van der Waals surface area (Å²) in [5.41, 5.74) is 2.31. The first-order chi connectivity index (χ1) is 10.6. The molecule has 6 nitrogen and oxygen atoms in total. The highest BCUT2D eigenvalue weighted by Crippen LogP contribution is 2.12. The Morgan fingerprint density at radius 2 is 2.05 bits per heavy atom. The topological polar surface area (TPSA) is 54.7 Å². The van der Waals surface area contributed by atoms with E-state index in [4.69, 9.17) is 4.74 Å². The van der Waals surface area contributed by atoms with Crippen LogP contribution in [0.3, 0.4) is 0 Å². The number of methoxy groups -OCH3 is 1. The molecule has 0 aliphatic rings. The number of aryl methyl sites for hydroxylation is 1. The van der Waals surface area contributed by atoms with E-state index in [0.717, 1.165) is 23.9 Å². The van der Waals surface area contributed by atoms with Gasteiger partial charge in [-0.15, -0.1) is 0 Å². The van der Waals surface area contributed by atoms with Crippen molar-refractivity contribution in [2.45, 2.75) is 13.1 Å². The van der Waals surface area contributed by atoms with Gasteiger partial charge in [-0.2, -0.15) is 5.10 Å². The summed E-state index contributed by atoms with van der Waals surface area (Å²) < 4.78 is 7.03. The molecule has 1 aromatic carbocycles. The lowest BCUT2D eigenvalue weighted by atomic mass is 10.2.